The topological polar surface area (TPSA) is 69.6 Å². The zero-order valence-corrected chi connectivity index (χ0v) is 12.5. The summed E-state index contributed by atoms with van der Waals surface area (Å²) in [5, 5.41) is 11.4. The molecule has 1 rings (SSSR count). The SMILES string of the molecule is CC(=O)NC(CN(C)Cc1ccc(Br)cc1)C(=O)O. The van der Waals surface area contributed by atoms with E-state index in [0.717, 1.165) is 10.0 Å². The minimum absolute atomic E-state index is 0.255. The van der Waals surface area contributed by atoms with Gasteiger partial charge in [0.1, 0.15) is 6.04 Å². The number of benzene rings is 1. The van der Waals surface area contributed by atoms with Gasteiger partial charge >= 0.3 is 5.97 Å². The molecule has 104 valence electrons. The van der Waals surface area contributed by atoms with E-state index in [9.17, 15) is 9.59 Å². The fourth-order valence-electron chi connectivity index (χ4n) is 1.71. The highest BCUT2D eigenvalue weighted by atomic mass is 79.9. The van der Waals surface area contributed by atoms with Gasteiger partial charge in [-0.2, -0.15) is 0 Å². The van der Waals surface area contributed by atoms with E-state index < -0.39 is 12.0 Å². The van der Waals surface area contributed by atoms with Crippen LogP contribution in [0.25, 0.3) is 0 Å². The number of carboxylic acids is 1. The maximum atomic E-state index is 11.0. The molecular formula is C13H17BrN2O3. The second-order valence-corrected chi connectivity index (χ2v) is 5.33. The lowest BCUT2D eigenvalue weighted by molar-refractivity contribution is -0.142. The Bertz CT molecular complexity index is 448. The van der Waals surface area contributed by atoms with Crippen molar-refractivity contribution in [3.63, 3.8) is 0 Å². The highest BCUT2D eigenvalue weighted by molar-refractivity contribution is 9.10. The van der Waals surface area contributed by atoms with E-state index in [4.69, 9.17) is 5.11 Å². The van der Waals surface area contributed by atoms with Gasteiger partial charge in [-0.05, 0) is 24.7 Å². The van der Waals surface area contributed by atoms with E-state index in [0.29, 0.717) is 6.54 Å². The Morgan fingerprint density at radius 1 is 1.37 bits per heavy atom. The van der Waals surface area contributed by atoms with Gasteiger partial charge < -0.3 is 10.4 Å². The van der Waals surface area contributed by atoms with Crippen molar-refractivity contribution in [2.24, 2.45) is 0 Å². The number of carboxylic acid groups (broad SMARTS) is 1. The number of hydrogen-bond donors (Lipinski definition) is 2. The van der Waals surface area contributed by atoms with Gasteiger partial charge in [-0.1, -0.05) is 28.1 Å². The average molecular weight is 329 g/mol. The van der Waals surface area contributed by atoms with Crippen LogP contribution in [-0.4, -0.2) is 41.5 Å². The third kappa shape index (κ3) is 5.85. The third-order valence-electron chi connectivity index (χ3n) is 2.54. The molecule has 0 spiro atoms. The quantitative estimate of drug-likeness (QED) is 0.829. The number of nitrogens with one attached hydrogen (secondary N) is 1. The van der Waals surface area contributed by atoms with E-state index >= 15 is 0 Å². The molecule has 1 atom stereocenters. The van der Waals surface area contributed by atoms with Crippen LogP contribution in [0.3, 0.4) is 0 Å². The summed E-state index contributed by atoms with van der Waals surface area (Å²) in [6.45, 7) is 2.19. The molecule has 6 heteroatoms. The van der Waals surface area contributed by atoms with Crippen molar-refractivity contribution in [3.05, 3.63) is 34.3 Å². The van der Waals surface area contributed by atoms with Crippen molar-refractivity contribution in [1.82, 2.24) is 10.2 Å². The first-order chi connectivity index (χ1) is 8.88. The summed E-state index contributed by atoms with van der Waals surface area (Å²) in [6, 6.07) is 6.92. The van der Waals surface area contributed by atoms with Crippen molar-refractivity contribution in [2.75, 3.05) is 13.6 Å². The summed E-state index contributed by atoms with van der Waals surface area (Å²) in [5.41, 5.74) is 1.08. The van der Waals surface area contributed by atoms with Crippen LogP contribution in [0.15, 0.2) is 28.7 Å². The molecule has 2 N–H and O–H groups in total. The molecule has 0 saturated carbocycles. The molecular weight excluding hydrogens is 312 g/mol. The minimum Gasteiger partial charge on any atom is -0.480 e. The van der Waals surface area contributed by atoms with Crippen molar-refractivity contribution >= 4 is 27.8 Å². The zero-order chi connectivity index (χ0) is 14.4. The normalized spacial score (nSPS) is 12.2. The lowest BCUT2D eigenvalue weighted by atomic mass is 10.2. The highest BCUT2D eigenvalue weighted by Crippen LogP contribution is 2.11. The number of carbonyl (C=O) groups excluding carboxylic acids is 1. The summed E-state index contributed by atoms with van der Waals surface area (Å²) in [4.78, 5) is 23.8. The predicted octanol–water partition coefficient (Wildman–Crippen LogP) is 1.47. The van der Waals surface area contributed by atoms with Gasteiger partial charge in [0.2, 0.25) is 5.91 Å². The average Bonchev–Trinajstić information content (AvgIpc) is 2.30. The van der Waals surface area contributed by atoms with Crippen LogP contribution in [0.4, 0.5) is 0 Å². The van der Waals surface area contributed by atoms with Crippen molar-refractivity contribution in [3.8, 4) is 0 Å². The van der Waals surface area contributed by atoms with Crippen LogP contribution in [0.5, 0.6) is 0 Å². The largest absolute Gasteiger partial charge is 0.480 e. The maximum Gasteiger partial charge on any atom is 0.327 e. The first-order valence-corrected chi connectivity index (χ1v) is 6.60. The van der Waals surface area contributed by atoms with E-state index in [1.165, 1.54) is 6.92 Å². The van der Waals surface area contributed by atoms with E-state index in [1.54, 1.807) is 0 Å². The molecule has 0 aliphatic carbocycles. The minimum atomic E-state index is -1.03. The molecule has 1 unspecified atom stereocenters. The third-order valence-corrected chi connectivity index (χ3v) is 3.06. The van der Waals surface area contributed by atoms with Crippen LogP contribution in [0.1, 0.15) is 12.5 Å². The molecule has 1 amide bonds. The number of carbonyl (C=O) groups is 2. The number of nitrogens with zero attached hydrogens (tertiary/aromatic N) is 1. The monoisotopic (exact) mass is 328 g/mol. The molecule has 0 aromatic heterocycles. The zero-order valence-electron chi connectivity index (χ0n) is 10.9. The number of amides is 1. The molecule has 0 saturated heterocycles. The Morgan fingerprint density at radius 2 is 1.95 bits per heavy atom. The summed E-state index contributed by atoms with van der Waals surface area (Å²) < 4.78 is 1.00. The Balaban J connectivity index is 2.57. The molecule has 0 aliphatic rings. The fourth-order valence-corrected chi connectivity index (χ4v) is 1.97. The molecule has 5 nitrogen and oxygen atoms in total. The maximum absolute atomic E-state index is 11.0. The Morgan fingerprint density at radius 3 is 2.42 bits per heavy atom. The number of halogens is 1. The Hall–Kier alpha value is -1.40. The predicted molar refractivity (Wildman–Crippen MR) is 75.7 cm³/mol. The van der Waals surface area contributed by atoms with Crippen LogP contribution >= 0.6 is 15.9 Å². The number of likely N-dealkylation sites (N-methyl/N-ethyl adjacent to an activating group) is 1. The second-order valence-electron chi connectivity index (χ2n) is 4.41. The van der Waals surface area contributed by atoms with E-state index in [2.05, 4.69) is 21.2 Å². The smallest absolute Gasteiger partial charge is 0.327 e. The molecule has 0 bridgehead atoms. The number of aliphatic carboxylic acids is 1. The van der Waals surface area contributed by atoms with E-state index in [-0.39, 0.29) is 12.5 Å². The molecule has 19 heavy (non-hydrogen) atoms. The van der Waals surface area contributed by atoms with Crippen molar-refractivity contribution in [2.45, 2.75) is 19.5 Å². The number of rotatable bonds is 6. The number of hydrogen-bond acceptors (Lipinski definition) is 3. The van der Waals surface area contributed by atoms with Crippen LogP contribution in [0.2, 0.25) is 0 Å². The lowest BCUT2D eigenvalue weighted by Gasteiger charge is -2.21. The summed E-state index contributed by atoms with van der Waals surface area (Å²) in [5.74, 6) is -1.37. The molecule has 0 fully saturated rings. The molecule has 1 aromatic rings. The van der Waals surface area contributed by atoms with Gasteiger partial charge in [0, 0.05) is 24.5 Å². The molecule has 0 aliphatic heterocycles. The standard InChI is InChI=1S/C13H17BrN2O3/c1-9(17)15-12(13(18)19)8-16(2)7-10-3-5-11(14)6-4-10/h3-6,12H,7-8H2,1-2H3,(H,15,17)(H,18,19). The lowest BCUT2D eigenvalue weighted by Crippen LogP contribution is -2.46. The summed E-state index contributed by atoms with van der Waals surface area (Å²) in [7, 11) is 1.82. The molecule has 0 heterocycles. The van der Waals surface area contributed by atoms with Crippen LogP contribution in [0, 0.1) is 0 Å². The van der Waals surface area contributed by atoms with Gasteiger partial charge in [0.05, 0.1) is 0 Å². The van der Waals surface area contributed by atoms with Crippen LogP contribution in [-0.2, 0) is 16.1 Å². The first-order valence-electron chi connectivity index (χ1n) is 5.81. The van der Waals surface area contributed by atoms with Gasteiger partial charge in [-0.15, -0.1) is 0 Å². The fraction of sp³-hybridized carbons (Fsp3) is 0.385. The van der Waals surface area contributed by atoms with Crippen molar-refractivity contribution in [1.29, 1.82) is 0 Å². The Labute approximate surface area is 120 Å². The van der Waals surface area contributed by atoms with E-state index in [1.807, 2.05) is 36.2 Å². The van der Waals surface area contributed by atoms with Gasteiger partial charge in [-0.25, -0.2) is 4.79 Å². The van der Waals surface area contributed by atoms with Crippen LogP contribution < -0.4 is 5.32 Å². The van der Waals surface area contributed by atoms with Gasteiger partial charge in [-0.3, -0.25) is 9.69 Å². The Kier molecular flexibility index (Phi) is 5.98. The van der Waals surface area contributed by atoms with Gasteiger partial charge in [0.25, 0.3) is 0 Å². The molecule has 0 radical (unpaired) electrons. The van der Waals surface area contributed by atoms with Crippen molar-refractivity contribution < 1.29 is 14.7 Å². The summed E-state index contributed by atoms with van der Waals surface area (Å²) >= 11 is 3.36. The highest BCUT2D eigenvalue weighted by Gasteiger charge is 2.20. The first kappa shape index (κ1) is 15.7. The molecule has 1 aromatic carbocycles. The summed E-state index contributed by atoms with van der Waals surface area (Å²) in [6.07, 6.45) is 0. The van der Waals surface area contributed by atoms with Gasteiger partial charge in [0.15, 0.2) is 0 Å². The second kappa shape index (κ2) is 7.25.